The number of nitrogens with one attached hydrogen (secondary N) is 1. The summed E-state index contributed by atoms with van der Waals surface area (Å²) < 4.78 is 13.0. The minimum absolute atomic E-state index is 0.252. The van der Waals surface area contributed by atoms with Crippen molar-refractivity contribution in [3.63, 3.8) is 0 Å². The topological polar surface area (TPSA) is 81.1 Å². The predicted octanol–water partition coefficient (Wildman–Crippen LogP) is 2.16. The largest absolute Gasteiger partial charge is 0.397 e. The second kappa shape index (κ2) is 6.06. The summed E-state index contributed by atoms with van der Waals surface area (Å²) in [6.07, 6.45) is 0.651. The van der Waals surface area contributed by atoms with Crippen LogP contribution in [0.2, 0.25) is 0 Å². The van der Waals surface area contributed by atoms with Crippen LogP contribution in [0.4, 0.5) is 15.8 Å². The van der Waals surface area contributed by atoms with E-state index in [9.17, 15) is 9.18 Å². The van der Waals surface area contributed by atoms with E-state index in [1.807, 2.05) is 6.07 Å². The number of hydrogen-bond donors (Lipinski definition) is 3. The lowest BCUT2D eigenvalue weighted by Crippen LogP contribution is -2.13. The first-order valence-corrected chi connectivity index (χ1v) is 6.24. The number of carbonyl (C=O) groups is 1. The van der Waals surface area contributed by atoms with Crippen LogP contribution < -0.4 is 16.8 Å². The van der Waals surface area contributed by atoms with E-state index >= 15 is 0 Å². The zero-order chi connectivity index (χ0) is 14.5. The maximum atomic E-state index is 13.0. The molecular weight excluding hydrogens is 257 g/mol. The Morgan fingerprint density at radius 3 is 2.70 bits per heavy atom. The van der Waals surface area contributed by atoms with Crippen LogP contribution >= 0.6 is 0 Å². The fourth-order valence-electron chi connectivity index (χ4n) is 1.90. The minimum Gasteiger partial charge on any atom is -0.397 e. The molecule has 0 aliphatic rings. The molecule has 0 radical (unpaired) electrons. The maximum absolute atomic E-state index is 13.0. The Kier molecular flexibility index (Phi) is 4.20. The number of hydrogen-bond acceptors (Lipinski definition) is 3. The molecule has 104 valence electrons. The van der Waals surface area contributed by atoms with Crippen molar-refractivity contribution in [1.29, 1.82) is 0 Å². The summed E-state index contributed by atoms with van der Waals surface area (Å²) >= 11 is 0. The lowest BCUT2D eigenvalue weighted by molar-refractivity contribution is 0.100. The number of anilines is 2. The van der Waals surface area contributed by atoms with Crippen LogP contribution in [0.3, 0.4) is 0 Å². The molecule has 0 saturated heterocycles. The van der Waals surface area contributed by atoms with Crippen LogP contribution in [0.5, 0.6) is 0 Å². The third-order valence-electron chi connectivity index (χ3n) is 2.96. The Morgan fingerprint density at radius 1 is 1.20 bits per heavy atom. The Balaban J connectivity index is 2.00. The molecule has 0 unspecified atom stereocenters. The SMILES string of the molecule is NC(=O)c1ccc(N)c(NCCc2cccc(F)c2)c1. The molecule has 2 rings (SSSR count). The fraction of sp³-hybridized carbons (Fsp3) is 0.133. The maximum Gasteiger partial charge on any atom is 0.248 e. The van der Waals surface area contributed by atoms with Crippen molar-refractivity contribution < 1.29 is 9.18 Å². The lowest BCUT2D eigenvalue weighted by atomic mass is 10.1. The summed E-state index contributed by atoms with van der Waals surface area (Å²) in [6, 6.07) is 11.3. The van der Waals surface area contributed by atoms with Gasteiger partial charge < -0.3 is 16.8 Å². The van der Waals surface area contributed by atoms with Crippen molar-refractivity contribution in [1.82, 2.24) is 0 Å². The van der Waals surface area contributed by atoms with Crippen molar-refractivity contribution in [2.45, 2.75) is 6.42 Å². The number of benzene rings is 2. The Morgan fingerprint density at radius 2 is 2.00 bits per heavy atom. The zero-order valence-electron chi connectivity index (χ0n) is 10.9. The summed E-state index contributed by atoms with van der Waals surface area (Å²) in [6.45, 7) is 0.579. The molecule has 0 fully saturated rings. The number of amides is 1. The Bertz CT molecular complexity index is 628. The molecule has 2 aromatic rings. The highest BCUT2D eigenvalue weighted by atomic mass is 19.1. The van der Waals surface area contributed by atoms with Crippen molar-refractivity contribution in [2.24, 2.45) is 5.73 Å². The van der Waals surface area contributed by atoms with Crippen LogP contribution in [0.15, 0.2) is 42.5 Å². The molecule has 0 aliphatic heterocycles. The monoisotopic (exact) mass is 273 g/mol. The molecule has 5 N–H and O–H groups in total. The molecule has 1 amide bonds. The lowest BCUT2D eigenvalue weighted by Gasteiger charge is -2.10. The van der Waals surface area contributed by atoms with Gasteiger partial charge in [-0.3, -0.25) is 4.79 Å². The molecule has 0 aromatic heterocycles. The van der Waals surface area contributed by atoms with E-state index in [0.29, 0.717) is 29.9 Å². The summed E-state index contributed by atoms with van der Waals surface area (Å²) in [5.74, 6) is -0.754. The summed E-state index contributed by atoms with van der Waals surface area (Å²) in [7, 11) is 0. The van der Waals surface area contributed by atoms with Gasteiger partial charge in [0.1, 0.15) is 5.82 Å². The van der Waals surface area contributed by atoms with E-state index < -0.39 is 5.91 Å². The normalized spacial score (nSPS) is 10.2. The Hall–Kier alpha value is -2.56. The van der Waals surface area contributed by atoms with Gasteiger partial charge in [-0.25, -0.2) is 4.39 Å². The van der Waals surface area contributed by atoms with Gasteiger partial charge in [-0.05, 0) is 42.3 Å². The van der Waals surface area contributed by atoms with Crippen LogP contribution in [-0.2, 0) is 6.42 Å². The number of rotatable bonds is 5. The first kappa shape index (κ1) is 13.9. The van der Waals surface area contributed by atoms with Crippen LogP contribution in [-0.4, -0.2) is 12.5 Å². The van der Waals surface area contributed by atoms with Crippen molar-refractivity contribution in [3.8, 4) is 0 Å². The number of carbonyl (C=O) groups excluding carboxylic acids is 1. The van der Waals surface area contributed by atoms with E-state index in [2.05, 4.69) is 5.32 Å². The van der Waals surface area contributed by atoms with E-state index in [0.717, 1.165) is 5.56 Å². The molecule has 0 saturated carbocycles. The van der Waals surface area contributed by atoms with Gasteiger partial charge in [-0.15, -0.1) is 0 Å². The molecular formula is C15H16FN3O. The third kappa shape index (κ3) is 3.47. The van der Waals surface area contributed by atoms with Gasteiger partial charge in [0.15, 0.2) is 0 Å². The van der Waals surface area contributed by atoms with Crippen LogP contribution in [0.1, 0.15) is 15.9 Å². The third-order valence-corrected chi connectivity index (χ3v) is 2.96. The van der Waals surface area contributed by atoms with Crippen LogP contribution in [0.25, 0.3) is 0 Å². The van der Waals surface area contributed by atoms with Gasteiger partial charge in [-0.2, -0.15) is 0 Å². The highest BCUT2D eigenvalue weighted by Crippen LogP contribution is 2.19. The molecule has 2 aromatic carbocycles. The molecule has 0 heterocycles. The fourth-order valence-corrected chi connectivity index (χ4v) is 1.90. The number of nitrogens with two attached hydrogens (primary N) is 2. The molecule has 20 heavy (non-hydrogen) atoms. The molecule has 0 spiro atoms. The number of halogens is 1. The predicted molar refractivity (Wildman–Crippen MR) is 78.0 cm³/mol. The van der Waals surface area contributed by atoms with Gasteiger partial charge in [0.2, 0.25) is 5.91 Å². The molecule has 5 heteroatoms. The molecule has 0 atom stereocenters. The first-order valence-electron chi connectivity index (χ1n) is 6.24. The molecule has 4 nitrogen and oxygen atoms in total. The van der Waals surface area contributed by atoms with Gasteiger partial charge in [-0.1, -0.05) is 12.1 Å². The molecule has 0 aliphatic carbocycles. The zero-order valence-corrected chi connectivity index (χ0v) is 10.9. The number of nitrogen functional groups attached to an aromatic ring is 1. The second-order valence-corrected chi connectivity index (χ2v) is 4.47. The summed E-state index contributed by atoms with van der Waals surface area (Å²) in [5, 5.41) is 3.12. The van der Waals surface area contributed by atoms with E-state index in [4.69, 9.17) is 11.5 Å². The van der Waals surface area contributed by atoms with Crippen molar-refractivity contribution in [2.75, 3.05) is 17.6 Å². The average Bonchev–Trinajstić information content (AvgIpc) is 2.40. The van der Waals surface area contributed by atoms with E-state index in [1.165, 1.54) is 12.1 Å². The van der Waals surface area contributed by atoms with Gasteiger partial charge in [0.05, 0.1) is 11.4 Å². The first-order chi connectivity index (χ1) is 9.56. The highest BCUT2D eigenvalue weighted by molar-refractivity contribution is 5.94. The number of primary amides is 1. The average molecular weight is 273 g/mol. The van der Waals surface area contributed by atoms with Crippen LogP contribution in [0, 0.1) is 5.82 Å². The van der Waals surface area contributed by atoms with Gasteiger partial charge in [0, 0.05) is 12.1 Å². The Labute approximate surface area is 116 Å². The highest BCUT2D eigenvalue weighted by Gasteiger charge is 2.05. The second-order valence-electron chi connectivity index (χ2n) is 4.47. The molecule has 0 bridgehead atoms. The quantitative estimate of drug-likeness (QED) is 0.730. The summed E-state index contributed by atoms with van der Waals surface area (Å²) in [5.41, 5.74) is 13.5. The van der Waals surface area contributed by atoms with E-state index in [-0.39, 0.29) is 5.82 Å². The van der Waals surface area contributed by atoms with Gasteiger partial charge >= 0.3 is 0 Å². The van der Waals surface area contributed by atoms with Gasteiger partial charge in [0.25, 0.3) is 0 Å². The van der Waals surface area contributed by atoms with Crippen molar-refractivity contribution >= 4 is 17.3 Å². The minimum atomic E-state index is -0.502. The van der Waals surface area contributed by atoms with Crippen molar-refractivity contribution in [3.05, 3.63) is 59.4 Å². The summed E-state index contributed by atoms with van der Waals surface area (Å²) in [4.78, 5) is 11.1. The van der Waals surface area contributed by atoms with E-state index in [1.54, 1.807) is 24.3 Å². The smallest absolute Gasteiger partial charge is 0.248 e. The standard InChI is InChI=1S/C15H16FN3O/c16-12-3-1-2-10(8-12)6-7-19-14-9-11(15(18)20)4-5-13(14)17/h1-5,8-9,19H,6-7,17H2,(H2,18,20).